The average molecular weight is 398 g/mol. The number of hydrogen-bond acceptors (Lipinski definition) is 4. The molecule has 0 spiro atoms. The second kappa shape index (κ2) is 7.55. The first-order valence-electron chi connectivity index (χ1n) is 8.98. The molecule has 0 aliphatic carbocycles. The SMILES string of the molecule is C[C@@H]1CN(C(=O)C2CCN(S(=O)(=O)c3ccccc3F)CC2)C[C@H]1C(=O)O. The lowest BCUT2D eigenvalue weighted by Crippen LogP contribution is -2.44. The number of hydrogen-bond donors (Lipinski definition) is 1. The molecule has 27 heavy (non-hydrogen) atoms. The molecule has 0 radical (unpaired) electrons. The monoisotopic (exact) mass is 398 g/mol. The Kier molecular flexibility index (Phi) is 5.53. The number of amides is 1. The van der Waals surface area contributed by atoms with E-state index in [2.05, 4.69) is 0 Å². The number of benzene rings is 1. The van der Waals surface area contributed by atoms with Gasteiger partial charge in [0.1, 0.15) is 10.7 Å². The van der Waals surface area contributed by atoms with E-state index < -0.39 is 27.7 Å². The molecular formula is C18H23FN2O5S. The Hall–Kier alpha value is -2.00. The molecule has 2 aliphatic rings. The smallest absolute Gasteiger partial charge is 0.308 e. The predicted molar refractivity (Wildman–Crippen MR) is 94.8 cm³/mol. The highest BCUT2D eigenvalue weighted by molar-refractivity contribution is 7.89. The van der Waals surface area contributed by atoms with Crippen LogP contribution in [0.3, 0.4) is 0 Å². The van der Waals surface area contributed by atoms with Crippen molar-refractivity contribution in [3.8, 4) is 0 Å². The lowest BCUT2D eigenvalue weighted by Gasteiger charge is -2.32. The topological polar surface area (TPSA) is 95.0 Å². The van der Waals surface area contributed by atoms with Crippen LogP contribution in [0.4, 0.5) is 4.39 Å². The highest BCUT2D eigenvalue weighted by Crippen LogP contribution is 2.29. The van der Waals surface area contributed by atoms with Crippen LogP contribution in [0.15, 0.2) is 29.2 Å². The number of carboxylic acid groups (broad SMARTS) is 1. The van der Waals surface area contributed by atoms with Gasteiger partial charge in [-0.15, -0.1) is 0 Å². The van der Waals surface area contributed by atoms with Gasteiger partial charge < -0.3 is 10.0 Å². The van der Waals surface area contributed by atoms with Crippen LogP contribution in [0.5, 0.6) is 0 Å². The molecular weight excluding hydrogens is 375 g/mol. The second-order valence-corrected chi connectivity index (χ2v) is 9.18. The third kappa shape index (κ3) is 3.84. The van der Waals surface area contributed by atoms with Crippen molar-refractivity contribution in [3.05, 3.63) is 30.1 Å². The molecule has 7 nitrogen and oxygen atoms in total. The highest BCUT2D eigenvalue weighted by Gasteiger charge is 2.40. The molecule has 0 unspecified atom stereocenters. The molecule has 2 fully saturated rings. The first-order valence-corrected chi connectivity index (χ1v) is 10.4. The van der Waals surface area contributed by atoms with Crippen molar-refractivity contribution in [2.24, 2.45) is 17.8 Å². The highest BCUT2D eigenvalue weighted by atomic mass is 32.2. The van der Waals surface area contributed by atoms with Crippen molar-refractivity contribution < 1.29 is 27.5 Å². The summed E-state index contributed by atoms with van der Waals surface area (Å²) in [5.41, 5.74) is 0. The maximum absolute atomic E-state index is 13.9. The number of carboxylic acids is 1. The summed E-state index contributed by atoms with van der Waals surface area (Å²) < 4.78 is 40.3. The molecule has 148 valence electrons. The van der Waals surface area contributed by atoms with Crippen LogP contribution in [0.1, 0.15) is 19.8 Å². The van der Waals surface area contributed by atoms with Gasteiger partial charge in [0, 0.05) is 32.1 Å². The number of sulfonamides is 1. The van der Waals surface area contributed by atoms with Crippen molar-refractivity contribution in [1.82, 2.24) is 9.21 Å². The first kappa shape index (κ1) is 19.8. The van der Waals surface area contributed by atoms with Crippen LogP contribution in [0.25, 0.3) is 0 Å². The second-order valence-electron chi connectivity index (χ2n) is 7.27. The van der Waals surface area contributed by atoms with Crippen LogP contribution in [0.2, 0.25) is 0 Å². The fourth-order valence-corrected chi connectivity index (χ4v) is 5.40. The van der Waals surface area contributed by atoms with Crippen LogP contribution in [0, 0.1) is 23.6 Å². The van der Waals surface area contributed by atoms with E-state index in [1.54, 1.807) is 4.90 Å². The fraction of sp³-hybridized carbons (Fsp3) is 0.556. The quantitative estimate of drug-likeness (QED) is 0.827. The minimum atomic E-state index is -3.93. The number of piperidine rings is 1. The van der Waals surface area contributed by atoms with E-state index in [0.717, 1.165) is 6.07 Å². The first-order chi connectivity index (χ1) is 12.7. The minimum Gasteiger partial charge on any atom is -0.481 e. The van der Waals surface area contributed by atoms with Gasteiger partial charge in [0.05, 0.1) is 5.92 Å². The van der Waals surface area contributed by atoms with Crippen molar-refractivity contribution in [1.29, 1.82) is 0 Å². The third-order valence-electron chi connectivity index (χ3n) is 5.50. The van der Waals surface area contributed by atoms with Crippen LogP contribution >= 0.6 is 0 Å². The Bertz CT molecular complexity index is 836. The molecule has 9 heteroatoms. The van der Waals surface area contributed by atoms with Gasteiger partial charge in [-0.05, 0) is 30.9 Å². The van der Waals surface area contributed by atoms with E-state index >= 15 is 0 Å². The van der Waals surface area contributed by atoms with Gasteiger partial charge in [-0.1, -0.05) is 19.1 Å². The predicted octanol–water partition coefficient (Wildman–Crippen LogP) is 1.41. The summed E-state index contributed by atoms with van der Waals surface area (Å²) in [5.74, 6) is -2.81. The van der Waals surface area contributed by atoms with E-state index in [0.29, 0.717) is 19.4 Å². The van der Waals surface area contributed by atoms with E-state index in [9.17, 15) is 27.5 Å². The molecule has 1 aromatic carbocycles. The molecule has 2 aliphatic heterocycles. The van der Waals surface area contributed by atoms with E-state index in [4.69, 9.17) is 0 Å². The lowest BCUT2D eigenvalue weighted by molar-refractivity contribution is -0.142. The maximum Gasteiger partial charge on any atom is 0.308 e. The summed E-state index contributed by atoms with van der Waals surface area (Å²) in [6.45, 7) is 2.69. The summed E-state index contributed by atoms with van der Waals surface area (Å²) in [5, 5.41) is 9.21. The number of aliphatic carboxylic acids is 1. The number of rotatable bonds is 4. The van der Waals surface area contributed by atoms with E-state index in [1.165, 1.54) is 22.5 Å². The zero-order valence-electron chi connectivity index (χ0n) is 15.0. The molecule has 0 saturated carbocycles. The lowest BCUT2D eigenvalue weighted by atomic mass is 9.96. The maximum atomic E-state index is 13.9. The molecule has 2 heterocycles. The Morgan fingerprint density at radius 1 is 1.15 bits per heavy atom. The summed E-state index contributed by atoms with van der Waals surface area (Å²) in [6, 6.07) is 5.25. The van der Waals surface area contributed by atoms with Crippen LogP contribution < -0.4 is 0 Å². The normalized spacial score (nSPS) is 24.9. The fourth-order valence-electron chi connectivity index (χ4n) is 3.86. The average Bonchev–Trinajstić information content (AvgIpc) is 3.03. The number of halogens is 1. The zero-order valence-corrected chi connectivity index (χ0v) is 15.9. The zero-order chi connectivity index (χ0) is 19.8. The molecule has 2 saturated heterocycles. The molecule has 2 atom stereocenters. The third-order valence-corrected chi connectivity index (χ3v) is 7.43. The van der Waals surface area contributed by atoms with Crippen molar-refractivity contribution in [2.75, 3.05) is 26.2 Å². The standard InChI is InChI=1S/C18H23FN2O5S/c1-12-10-20(11-14(12)18(23)24)17(22)13-6-8-21(9-7-13)27(25,26)16-5-3-2-4-15(16)19/h2-5,12-14H,6-11H2,1H3,(H,23,24)/t12-,14-/m1/s1. The number of carbonyl (C=O) groups excluding carboxylic acids is 1. The molecule has 0 bridgehead atoms. The van der Waals surface area contributed by atoms with Crippen LogP contribution in [-0.4, -0.2) is 60.8 Å². The Labute approximate surface area is 157 Å². The van der Waals surface area contributed by atoms with Gasteiger partial charge in [0.25, 0.3) is 0 Å². The Morgan fingerprint density at radius 3 is 2.33 bits per heavy atom. The number of carbonyl (C=O) groups is 2. The molecule has 1 aromatic rings. The molecule has 3 rings (SSSR count). The molecule has 1 amide bonds. The van der Waals surface area contributed by atoms with Crippen molar-refractivity contribution in [3.63, 3.8) is 0 Å². The molecule has 0 aromatic heterocycles. The summed E-state index contributed by atoms with van der Waals surface area (Å²) >= 11 is 0. The van der Waals surface area contributed by atoms with Gasteiger partial charge in [0.2, 0.25) is 15.9 Å². The van der Waals surface area contributed by atoms with Crippen molar-refractivity contribution in [2.45, 2.75) is 24.7 Å². The Balaban J connectivity index is 1.63. The van der Waals surface area contributed by atoms with Crippen LogP contribution in [-0.2, 0) is 19.6 Å². The minimum absolute atomic E-state index is 0.104. The van der Waals surface area contributed by atoms with E-state index in [-0.39, 0.29) is 42.3 Å². The van der Waals surface area contributed by atoms with Gasteiger partial charge in [-0.25, -0.2) is 12.8 Å². The van der Waals surface area contributed by atoms with Gasteiger partial charge in [-0.3, -0.25) is 9.59 Å². The van der Waals surface area contributed by atoms with Gasteiger partial charge >= 0.3 is 5.97 Å². The van der Waals surface area contributed by atoms with Gasteiger partial charge in [0.15, 0.2) is 0 Å². The van der Waals surface area contributed by atoms with Gasteiger partial charge in [-0.2, -0.15) is 4.31 Å². The summed E-state index contributed by atoms with van der Waals surface area (Å²) in [4.78, 5) is 25.2. The number of likely N-dealkylation sites (tertiary alicyclic amines) is 1. The number of nitrogens with zero attached hydrogens (tertiary/aromatic N) is 2. The summed E-state index contributed by atoms with van der Waals surface area (Å²) in [6.07, 6.45) is 0.685. The largest absolute Gasteiger partial charge is 0.481 e. The Morgan fingerprint density at radius 2 is 1.78 bits per heavy atom. The van der Waals surface area contributed by atoms with E-state index in [1.807, 2.05) is 6.92 Å². The molecule has 1 N–H and O–H groups in total. The summed E-state index contributed by atoms with van der Waals surface area (Å²) in [7, 11) is -3.93. The van der Waals surface area contributed by atoms with Crippen molar-refractivity contribution >= 4 is 21.9 Å².